The summed E-state index contributed by atoms with van der Waals surface area (Å²) in [5, 5.41) is 30.0. The van der Waals surface area contributed by atoms with E-state index >= 15 is 0 Å². The molecule has 7 aromatic rings. The van der Waals surface area contributed by atoms with Gasteiger partial charge in [0.25, 0.3) is 0 Å². The molecule has 0 aliphatic heterocycles. The number of phenols is 1. The standard InChI is InChI=1S/C20H15N3OS.C16H13FN4OS.C2H6/c24-17-7-2-1-5-15(17)19-21-22-20(25)23(19)16-11-10-13-9-8-12-4-3-6-14(16)18(12)13;1-9-8-12(20-22)4-5-13(9)15-18-19-16(23)21(15)14-6-3-11(17)7-10(14)2;1-2/h1-7,10-11,24H,8-9H2,(H,22,25);3-8H,1-2H3,(H,19,23);1-2H3. The molecule has 0 spiro atoms. The number of aromatic nitrogens is 6. The zero-order valence-corrected chi connectivity index (χ0v) is 29.5. The Morgan fingerprint density at radius 2 is 1.38 bits per heavy atom. The second-order valence-corrected chi connectivity index (χ2v) is 12.3. The molecule has 12 heteroatoms. The minimum Gasteiger partial charge on any atom is -0.507 e. The van der Waals surface area contributed by atoms with Crippen LogP contribution in [0, 0.1) is 34.1 Å². The maximum Gasteiger partial charge on any atom is 0.200 e. The van der Waals surface area contributed by atoms with Crippen molar-refractivity contribution in [3.63, 3.8) is 0 Å². The van der Waals surface area contributed by atoms with E-state index in [1.165, 1.54) is 34.0 Å². The van der Waals surface area contributed by atoms with Gasteiger partial charge in [-0.25, -0.2) is 4.39 Å². The van der Waals surface area contributed by atoms with E-state index < -0.39 is 0 Å². The second-order valence-electron chi connectivity index (χ2n) is 11.5. The molecule has 0 atom stereocenters. The van der Waals surface area contributed by atoms with Gasteiger partial charge in [0.1, 0.15) is 17.3 Å². The summed E-state index contributed by atoms with van der Waals surface area (Å²) in [6, 6.07) is 27.4. The minimum absolute atomic E-state index is 0.184. The maximum absolute atomic E-state index is 13.4. The predicted octanol–water partition coefficient (Wildman–Crippen LogP) is 10.3. The van der Waals surface area contributed by atoms with Gasteiger partial charge in [0.15, 0.2) is 21.2 Å². The van der Waals surface area contributed by atoms with Gasteiger partial charge in [-0.1, -0.05) is 50.2 Å². The second kappa shape index (κ2) is 14.5. The number of phenolic OH excluding ortho intramolecular Hbond substituents is 1. The Hall–Kier alpha value is -5.59. The molecule has 1 aliphatic rings. The first-order valence-electron chi connectivity index (χ1n) is 16.1. The molecule has 252 valence electrons. The van der Waals surface area contributed by atoms with Crippen molar-refractivity contribution in [3.05, 3.63) is 134 Å². The average Bonchev–Trinajstić information content (AvgIpc) is 3.84. The molecule has 0 saturated carbocycles. The minimum atomic E-state index is -0.305. The molecule has 2 aromatic heterocycles. The van der Waals surface area contributed by atoms with Gasteiger partial charge in [0.05, 0.1) is 16.9 Å². The third-order valence-corrected chi connectivity index (χ3v) is 9.09. The summed E-state index contributed by atoms with van der Waals surface area (Å²) in [5.41, 5.74) is 7.90. The highest BCUT2D eigenvalue weighted by Gasteiger charge is 2.20. The molecule has 5 aromatic carbocycles. The first kappa shape index (κ1) is 34.3. The van der Waals surface area contributed by atoms with E-state index in [2.05, 4.69) is 55.9 Å². The lowest BCUT2D eigenvalue weighted by molar-refractivity contribution is 0.476. The highest BCUT2D eigenvalue weighted by atomic mass is 32.1. The molecular formula is C38H34FN7O2S2. The highest BCUT2D eigenvalue weighted by molar-refractivity contribution is 7.71. The van der Waals surface area contributed by atoms with Crippen LogP contribution in [0.3, 0.4) is 0 Å². The van der Waals surface area contributed by atoms with Crippen LogP contribution in [0.4, 0.5) is 10.1 Å². The maximum atomic E-state index is 13.4. The third-order valence-electron chi connectivity index (χ3n) is 8.54. The Morgan fingerprint density at radius 3 is 2.04 bits per heavy atom. The molecule has 8 rings (SSSR count). The number of aryl methyl sites for hydroxylation is 4. The van der Waals surface area contributed by atoms with E-state index in [0.717, 1.165) is 40.9 Å². The normalized spacial score (nSPS) is 11.5. The Kier molecular flexibility index (Phi) is 9.93. The number of rotatable bonds is 5. The molecule has 9 nitrogen and oxygen atoms in total. The third kappa shape index (κ3) is 6.30. The first-order valence-corrected chi connectivity index (χ1v) is 16.9. The predicted molar refractivity (Wildman–Crippen MR) is 201 cm³/mol. The number of nitroso groups, excluding NO2 is 1. The van der Waals surface area contributed by atoms with Crippen LogP contribution >= 0.6 is 24.4 Å². The van der Waals surface area contributed by atoms with E-state index in [-0.39, 0.29) is 11.6 Å². The molecule has 1 aliphatic carbocycles. The summed E-state index contributed by atoms with van der Waals surface area (Å²) in [4.78, 5) is 10.6. The molecule has 0 saturated heterocycles. The number of H-pyrrole nitrogens is 2. The Bertz CT molecular complexity index is 2490. The molecule has 0 bridgehead atoms. The lowest BCUT2D eigenvalue weighted by Gasteiger charge is -2.12. The molecule has 0 fully saturated rings. The SMILES string of the molecule is CC.Cc1cc(N=O)ccc1-c1n[nH]c(=S)n1-c1ccc(F)cc1C.Oc1ccccc1-c1n[nH]c(=S)n1-c1ccc2c3c(cccc13)CC2. The van der Waals surface area contributed by atoms with Crippen molar-refractivity contribution < 1.29 is 9.50 Å². The smallest absolute Gasteiger partial charge is 0.200 e. The summed E-state index contributed by atoms with van der Waals surface area (Å²) in [5.74, 6) is 1.09. The monoisotopic (exact) mass is 703 g/mol. The van der Waals surface area contributed by atoms with Crippen molar-refractivity contribution in [2.75, 3.05) is 0 Å². The molecule has 3 N–H and O–H groups in total. The van der Waals surface area contributed by atoms with Crippen LogP contribution in [0.1, 0.15) is 36.1 Å². The van der Waals surface area contributed by atoms with E-state index in [1.807, 2.05) is 44.4 Å². The highest BCUT2D eigenvalue weighted by Crippen LogP contribution is 2.37. The van der Waals surface area contributed by atoms with Crippen LogP contribution < -0.4 is 0 Å². The van der Waals surface area contributed by atoms with Crippen LogP contribution in [0.2, 0.25) is 0 Å². The quantitative estimate of drug-likeness (QED) is 0.121. The van der Waals surface area contributed by atoms with E-state index in [1.54, 1.807) is 41.0 Å². The summed E-state index contributed by atoms with van der Waals surface area (Å²) in [6.07, 6.45) is 2.17. The molecular weight excluding hydrogens is 670 g/mol. The van der Waals surface area contributed by atoms with E-state index in [9.17, 15) is 14.4 Å². The Morgan fingerprint density at radius 1 is 0.740 bits per heavy atom. The number of nitrogens with zero attached hydrogens (tertiary/aromatic N) is 5. The zero-order chi connectivity index (χ0) is 35.5. The van der Waals surface area contributed by atoms with E-state index in [4.69, 9.17) is 24.4 Å². The van der Waals surface area contributed by atoms with Crippen molar-refractivity contribution in [2.45, 2.75) is 40.5 Å². The van der Waals surface area contributed by atoms with Crippen molar-refractivity contribution in [3.8, 4) is 39.9 Å². The van der Waals surface area contributed by atoms with Crippen molar-refractivity contribution >= 4 is 40.9 Å². The molecule has 0 radical (unpaired) electrons. The number of nitrogens with one attached hydrogen (secondary N) is 2. The van der Waals surface area contributed by atoms with Gasteiger partial charge in [0, 0.05) is 10.9 Å². The number of aromatic amines is 2. The summed E-state index contributed by atoms with van der Waals surface area (Å²) in [6.45, 7) is 7.67. The van der Waals surface area contributed by atoms with Crippen molar-refractivity contribution in [2.24, 2.45) is 5.18 Å². The number of halogens is 1. The van der Waals surface area contributed by atoms with Crippen LogP contribution in [0.15, 0.2) is 96.2 Å². The fourth-order valence-corrected chi connectivity index (χ4v) is 6.78. The topological polar surface area (TPSA) is 117 Å². The number of benzene rings is 5. The van der Waals surface area contributed by atoms with Gasteiger partial charge in [0.2, 0.25) is 0 Å². The van der Waals surface area contributed by atoms with Gasteiger partial charge in [-0.2, -0.15) is 10.2 Å². The van der Waals surface area contributed by atoms with Crippen LogP contribution in [-0.2, 0) is 12.8 Å². The molecule has 2 heterocycles. The van der Waals surface area contributed by atoms with Crippen LogP contribution in [0.25, 0.3) is 44.9 Å². The lowest BCUT2D eigenvalue weighted by Crippen LogP contribution is -2.01. The Labute approximate surface area is 298 Å². The number of para-hydroxylation sites is 1. The first-order chi connectivity index (χ1) is 24.2. The molecule has 0 amide bonds. The van der Waals surface area contributed by atoms with Gasteiger partial charge < -0.3 is 5.11 Å². The fourth-order valence-electron chi connectivity index (χ4n) is 6.32. The van der Waals surface area contributed by atoms with Gasteiger partial charge in [-0.15, -0.1) is 4.91 Å². The largest absolute Gasteiger partial charge is 0.507 e. The van der Waals surface area contributed by atoms with Crippen LogP contribution in [-0.4, -0.2) is 34.6 Å². The number of hydrogen-bond acceptors (Lipinski definition) is 7. The van der Waals surface area contributed by atoms with Crippen molar-refractivity contribution in [1.82, 2.24) is 29.5 Å². The lowest BCUT2D eigenvalue weighted by atomic mass is 10.0. The summed E-state index contributed by atoms with van der Waals surface area (Å²) < 4.78 is 17.9. The number of aromatic hydroxyl groups is 1. The molecule has 0 unspecified atom stereocenters. The molecule has 50 heavy (non-hydrogen) atoms. The Balaban J connectivity index is 0.000000166. The van der Waals surface area contributed by atoms with Crippen molar-refractivity contribution in [1.29, 1.82) is 0 Å². The fraction of sp³-hybridized carbons (Fsp3) is 0.158. The number of hydrogen-bond donors (Lipinski definition) is 3. The average molecular weight is 704 g/mol. The van der Waals surface area contributed by atoms with E-state index in [0.29, 0.717) is 32.4 Å². The van der Waals surface area contributed by atoms with Gasteiger partial charge >= 0.3 is 0 Å². The summed E-state index contributed by atoms with van der Waals surface area (Å²) >= 11 is 10.8. The van der Waals surface area contributed by atoms with Gasteiger partial charge in [-0.3, -0.25) is 19.3 Å². The van der Waals surface area contributed by atoms with Gasteiger partial charge in [-0.05, 0) is 139 Å². The summed E-state index contributed by atoms with van der Waals surface area (Å²) in [7, 11) is 0. The zero-order valence-electron chi connectivity index (χ0n) is 27.9. The van der Waals surface area contributed by atoms with Crippen LogP contribution in [0.5, 0.6) is 5.75 Å².